The second kappa shape index (κ2) is 5.16. The lowest BCUT2D eigenvalue weighted by molar-refractivity contribution is -0.117. The van der Waals surface area contributed by atoms with Gasteiger partial charge in [0, 0.05) is 6.07 Å². The van der Waals surface area contributed by atoms with Gasteiger partial charge in [-0.15, -0.1) is 0 Å². The molecule has 1 aromatic carbocycles. The molecule has 2 aromatic rings. The molecule has 2 aliphatic rings. The molecule has 1 fully saturated rings. The molecule has 1 aromatic heterocycles. The zero-order valence-corrected chi connectivity index (χ0v) is 12.6. The number of benzene rings is 1. The summed E-state index contributed by atoms with van der Waals surface area (Å²) >= 11 is 0. The first-order chi connectivity index (χ1) is 10.8. The van der Waals surface area contributed by atoms with Crippen LogP contribution >= 0.6 is 0 Å². The molecule has 0 spiro atoms. The van der Waals surface area contributed by atoms with Crippen molar-refractivity contribution in [1.82, 2.24) is 9.78 Å². The van der Waals surface area contributed by atoms with Gasteiger partial charge in [0.05, 0.1) is 25.3 Å². The van der Waals surface area contributed by atoms with Gasteiger partial charge < -0.3 is 10.1 Å². The number of fused-ring (bicyclic) bond motifs is 1. The van der Waals surface area contributed by atoms with E-state index in [9.17, 15) is 4.79 Å². The average molecular weight is 297 g/mol. The molecule has 1 atom stereocenters. The first-order valence-electron chi connectivity index (χ1n) is 7.77. The van der Waals surface area contributed by atoms with Crippen molar-refractivity contribution in [2.45, 2.75) is 37.6 Å². The third-order valence-electron chi connectivity index (χ3n) is 4.56. The number of rotatable bonds is 4. The standard InChI is InChI=1S/C17H19N3O2/c1-22-13-5-7-14-11(10-13)2-6-15(14)17(21)19-16-8-9-18-20(16)12-3-4-12/h5,7-10,12,15H,2-4,6H2,1H3,(H,19,21). The predicted octanol–water partition coefficient (Wildman–Crippen LogP) is 2.90. The van der Waals surface area contributed by atoms with Crippen LogP contribution in [0.3, 0.4) is 0 Å². The quantitative estimate of drug-likeness (QED) is 0.944. The Kier molecular flexibility index (Phi) is 3.13. The number of hydrogen-bond acceptors (Lipinski definition) is 3. The van der Waals surface area contributed by atoms with Crippen LogP contribution in [0.2, 0.25) is 0 Å². The van der Waals surface area contributed by atoms with E-state index < -0.39 is 0 Å². The Labute approximate surface area is 129 Å². The van der Waals surface area contributed by atoms with Gasteiger partial charge in [0.2, 0.25) is 5.91 Å². The summed E-state index contributed by atoms with van der Waals surface area (Å²) in [5, 5.41) is 7.36. The van der Waals surface area contributed by atoms with Gasteiger partial charge in [0.1, 0.15) is 11.6 Å². The number of carbonyl (C=O) groups is 1. The van der Waals surface area contributed by atoms with E-state index in [1.807, 2.05) is 28.9 Å². The fourth-order valence-corrected chi connectivity index (χ4v) is 3.23. The molecule has 0 saturated heterocycles. The van der Waals surface area contributed by atoms with E-state index in [-0.39, 0.29) is 11.8 Å². The third-order valence-corrected chi connectivity index (χ3v) is 4.56. The van der Waals surface area contributed by atoms with Crippen LogP contribution in [0, 0.1) is 0 Å². The van der Waals surface area contributed by atoms with E-state index in [1.165, 1.54) is 5.56 Å². The van der Waals surface area contributed by atoms with Crippen molar-refractivity contribution < 1.29 is 9.53 Å². The Bertz CT molecular complexity index is 718. The molecule has 1 unspecified atom stereocenters. The summed E-state index contributed by atoms with van der Waals surface area (Å²) in [7, 11) is 1.67. The maximum atomic E-state index is 12.6. The SMILES string of the molecule is COc1ccc2c(c1)CCC2C(=O)Nc1ccnn1C1CC1. The number of methoxy groups -OCH3 is 1. The number of ether oxygens (including phenoxy) is 1. The van der Waals surface area contributed by atoms with E-state index in [0.29, 0.717) is 6.04 Å². The Balaban J connectivity index is 1.54. The molecule has 5 nitrogen and oxygen atoms in total. The molecule has 0 bridgehead atoms. The van der Waals surface area contributed by atoms with Gasteiger partial charge >= 0.3 is 0 Å². The van der Waals surface area contributed by atoms with Crippen molar-refractivity contribution in [3.63, 3.8) is 0 Å². The predicted molar refractivity (Wildman–Crippen MR) is 83.2 cm³/mol. The van der Waals surface area contributed by atoms with Gasteiger partial charge in [-0.05, 0) is 48.9 Å². The van der Waals surface area contributed by atoms with Gasteiger partial charge in [-0.3, -0.25) is 4.79 Å². The van der Waals surface area contributed by atoms with Crippen molar-refractivity contribution in [1.29, 1.82) is 0 Å². The minimum atomic E-state index is -0.0801. The van der Waals surface area contributed by atoms with Gasteiger partial charge in [0.15, 0.2) is 0 Å². The molecule has 4 rings (SSSR count). The lowest BCUT2D eigenvalue weighted by atomic mass is 10.0. The Morgan fingerprint density at radius 2 is 2.18 bits per heavy atom. The largest absolute Gasteiger partial charge is 0.497 e. The topological polar surface area (TPSA) is 56.1 Å². The second-order valence-electron chi connectivity index (χ2n) is 6.04. The molecule has 0 aliphatic heterocycles. The van der Waals surface area contributed by atoms with E-state index in [1.54, 1.807) is 13.3 Å². The maximum absolute atomic E-state index is 12.6. The minimum Gasteiger partial charge on any atom is -0.497 e. The first kappa shape index (κ1) is 13.4. The molecular formula is C17H19N3O2. The highest BCUT2D eigenvalue weighted by atomic mass is 16.5. The molecule has 22 heavy (non-hydrogen) atoms. The molecule has 2 aliphatic carbocycles. The van der Waals surface area contributed by atoms with Crippen LogP contribution in [-0.4, -0.2) is 22.8 Å². The third kappa shape index (κ3) is 2.26. The molecule has 5 heteroatoms. The van der Waals surface area contributed by atoms with E-state index in [0.717, 1.165) is 42.8 Å². The fraction of sp³-hybridized carbons (Fsp3) is 0.412. The van der Waals surface area contributed by atoms with Crippen molar-refractivity contribution in [2.24, 2.45) is 0 Å². The van der Waals surface area contributed by atoms with Crippen LogP contribution in [0.25, 0.3) is 0 Å². The van der Waals surface area contributed by atoms with Gasteiger partial charge in [0.25, 0.3) is 0 Å². The lowest BCUT2D eigenvalue weighted by Gasteiger charge is -2.13. The second-order valence-corrected chi connectivity index (χ2v) is 6.04. The molecule has 0 radical (unpaired) electrons. The van der Waals surface area contributed by atoms with Crippen LogP contribution < -0.4 is 10.1 Å². The molecular weight excluding hydrogens is 278 g/mol. The summed E-state index contributed by atoms with van der Waals surface area (Å²) in [6, 6.07) is 8.32. The monoisotopic (exact) mass is 297 g/mol. The summed E-state index contributed by atoms with van der Waals surface area (Å²) in [6.45, 7) is 0. The molecule has 1 N–H and O–H groups in total. The first-order valence-corrected chi connectivity index (χ1v) is 7.77. The smallest absolute Gasteiger partial charge is 0.233 e. The highest BCUT2D eigenvalue weighted by molar-refractivity contribution is 5.96. The minimum absolute atomic E-state index is 0.0614. The van der Waals surface area contributed by atoms with Crippen molar-refractivity contribution in [3.8, 4) is 5.75 Å². The van der Waals surface area contributed by atoms with Crippen LogP contribution in [0.4, 0.5) is 5.82 Å². The molecule has 114 valence electrons. The van der Waals surface area contributed by atoms with Crippen LogP contribution in [-0.2, 0) is 11.2 Å². The van der Waals surface area contributed by atoms with E-state index in [4.69, 9.17) is 4.74 Å². The number of hydrogen-bond donors (Lipinski definition) is 1. The number of anilines is 1. The summed E-state index contributed by atoms with van der Waals surface area (Å²) in [4.78, 5) is 12.6. The zero-order valence-electron chi connectivity index (χ0n) is 12.6. The van der Waals surface area contributed by atoms with E-state index in [2.05, 4.69) is 10.4 Å². The lowest BCUT2D eigenvalue weighted by Crippen LogP contribution is -2.21. The Morgan fingerprint density at radius 1 is 1.32 bits per heavy atom. The summed E-state index contributed by atoms with van der Waals surface area (Å²) in [6.07, 6.45) is 5.83. The number of nitrogens with zero attached hydrogens (tertiary/aromatic N) is 2. The van der Waals surface area contributed by atoms with Crippen LogP contribution in [0.15, 0.2) is 30.5 Å². The molecule has 1 saturated carbocycles. The highest BCUT2D eigenvalue weighted by Crippen LogP contribution is 2.38. The van der Waals surface area contributed by atoms with E-state index >= 15 is 0 Å². The average Bonchev–Trinajstić information content (AvgIpc) is 3.12. The molecule has 1 amide bonds. The normalized spacial score (nSPS) is 19.8. The number of amides is 1. The van der Waals surface area contributed by atoms with Gasteiger partial charge in [-0.1, -0.05) is 6.07 Å². The van der Waals surface area contributed by atoms with Crippen molar-refractivity contribution in [2.75, 3.05) is 12.4 Å². The maximum Gasteiger partial charge on any atom is 0.233 e. The van der Waals surface area contributed by atoms with Crippen LogP contribution in [0.5, 0.6) is 5.75 Å². The number of aryl methyl sites for hydroxylation is 1. The Morgan fingerprint density at radius 3 is 2.95 bits per heavy atom. The van der Waals surface area contributed by atoms with Crippen LogP contribution in [0.1, 0.15) is 42.3 Å². The number of carbonyl (C=O) groups excluding carboxylic acids is 1. The Hall–Kier alpha value is -2.30. The summed E-state index contributed by atoms with van der Waals surface area (Å²) in [5.74, 6) is 1.65. The van der Waals surface area contributed by atoms with Crippen molar-refractivity contribution in [3.05, 3.63) is 41.6 Å². The number of nitrogens with one attached hydrogen (secondary N) is 1. The van der Waals surface area contributed by atoms with Gasteiger partial charge in [-0.2, -0.15) is 5.10 Å². The van der Waals surface area contributed by atoms with Gasteiger partial charge in [-0.25, -0.2) is 4.68 Å². The summed E-state index contributed by atoms with van der Waals surface area (Å²) in [5.41, 5.74) is 2.34. The van der Waals surface area contributed by atoms with Crippen molar-refractivity contribution >= 4 is 11.7 Å². The zero-order chi connectivity index (χ0) is 15.1. The summed E-state index contributed by atoms with van der Waals surface area (Å²) < 4.78 is 7.19. The highest BCUT2D eigenvalue weighted by Gasteiger charge is 2.31. The number of aromatic nitrogens is 2. The fourth-order valence-electron chi connectivity index (χ4n) is 3.23. The molecule has 1 heterocycles.